The summed E-state index contributed by atoms with van der Waals surface area (Å²) in [6.45, 7) is 5.61. The van der Waals surface area contributed by atoms with Crippen LogP contribution in [-0.4, -0.2) is 64.8 Å². The first-order valence-corrected chi connectivity index (χ1v) is 12.3. The molecule has 37 heavy (non-hydrogen) atoms. The van der Waals surface area contributed by atoms with Crippen molar-refractivity contribution < 1.29 is 59.7 Å². The normalized spacial score (nSPS) is 15.1. The minimum atomic E-state index is -0.122. The number of amides is 1. The third-order valence-corrected chi connectivity index (χ3v) is 6.28. The molecule has 0 aliphatic heterocycles. The second kappa shape index (κ2) is 10.8. The molecule has 0 unspecified atom stereocenters. The van der Waals surface area contributed by atoms with Crippen LogP contribution in [0.2, 0.25) is 0 Å². The molecule has 0 atom stereocenters. The highest BCUT2D eigenvalue weighted by Crippen LogP contribution is 2.34. The van der Waals surface area contributed by atoms with E-state index in [1.165, 1.54) is 0 Å². The number of likely N-dealkylation sites (N-methyl/N-ethyl adjacent to an activating group) is 2. The van der Waals surface area contributed by atoms with Crippen molar-refractivity contribution in [2.45, 2.75) is 20.3 Å². The van der Waals surface area contributed by atoms with Crippen LogP contribution in [0.1, 0.15) is 73.8 Å². The number of fused-ring (bicyclic) bond motifs is 1. The fraction of sp³-hybridized carbons (Fsp3) is 0.333. The summed E-state index contributed by atoms with van der Waals surface area (Å²) in [5.74, 6) is 0.263. The number of nitrogen functional groups attached to an aromatic ring is 1. The highest BCUT2D eigenvalue weighted by Gasteiger charge is 2.19. The maximum atomic E-state index is 12.2. The molecule has 0 aliphatic carbocycles. The van der Waals surface area contributed by atoms with Crippen molar-refractivity contribution in [3.05, 3.63) is 48.2 Å². The number of nitrogens with zero attached hydrogens (tertiary/aromatic N) is 6. The fourth-order valence-electron chi connectivity index (χ4n) is 4.11. The van der Waals surface area contributed by atoms with E-state index in [0.717, 1.165) is 40.9 Å². The van der Waals surface area contributed by atoms with Crippen molar-refractivity contribution in [3.8, 4) is 11.4 Å². The molecule has 4 N–H and O–H groups in total. The Bertz CT molecular complexity index is 1500. The van der Waals surface area contributed by atoms with Crippen LogP contribution in [0, 0.1) is 6.92 Å². The summed E-state index contributed by atoms with van der Waals surface area (Å²) in [4.78, 5) is 25.8. The number of nitrogens with two attached hydrogens (primary N) is 1. The number of carbonyl (C=O) groups is 1. The van der Waals surface area contributed by atoms with E-state index in [4.69, 9.17) is 69.3 Å². The molecular weight excluding hydrogens is 466 g/mol. The number of hydrogen-bond acceptors (Lipinski definition) is 8. The monoisotopic (exact) mass is 614 g/mol. The zero-order chi connectivity index (χ0) is 62.7. The molecule has 1 amide bonds. The van der Waals surface area contributed by atoms with E-state index in [2.05, 4.69) is 45.6 Å². The van der Waals surface area contributed by atoms with Gasteiger partial charge in [-0.2, -0.15) is 5.10 Å². The van der Waals surface area contributed by atoms with Crippen LogP contribution >= 0.6 is 0 Å². The maximum Gasteiger partial charge on any atom is 0.227 e. The molecule has 4 aromatic rings. The van der Waals surface area contributed by atoms with E-state index in [1.54, 1.807) is 13.1 Å². The molecule has 0 saturated carbocycles. The zero-order valence-electron chi connectivity index (χ0n) is 58.3. The van der Waals surface area contributed by atoms with Gasteiger partial charge in [-0.3, -0.25) is 9.48 Å². The van der Waals surface area contributed by atoms with Crippen LogP contribution in [0.4, 0.5) is 28.7 Å². The summed E-state index contributed by atoms with van der Waals surface area (Å²) in [5, 5.41) is 11.9. The number of benzene rings is 2. The van der Waals surface area contributed by atoms with Gasteiger partial charge in [0, 0.05) is 99.6 Å². The van der Waals surface area contributed by atoms with E-state index in [0.29, 0.717) is 35.1 Å². The van der Waals surface area contributed by atoms with Gasteiger partial charge in [0.25, 0.3) is 0 Å². The van der Waals surface area contributed by atoms with Crippen molar-refractivity contribution in [2.75, 3.05) is 55.5 Å². The molecule has 2 aromatic carbocycles. The fourth-order valence-corrected chi connectivity index (χ4v) is 4.11. The Morgan fingerprint density at radius 3 is 2.62 bits per heavy atom. The average Bonchev–Trinajstić information content (AvgIpc) is 3.86. The van der Waals surface area contributed by atoms with Crippen molar-refractivity contribution in [1.82, 2.24) is 24.6 Å². The van der Waals surface area contributed by atoms with Gasteiger partial charge < -0.3 is 26.2 Å². The maximum absolute atomic E-state index is 12.2. The van der Waals surface area contributed by atoms with Gasteiger partial charge in [0.1, 0.15) is 11.4 Å². The lowest BCUT2D eigenvalue weighted by Gasteiger charge is -2.24. The van der Waals surface area contributed by atoms with Crippen LogP contribution in [0.25, 0.3) is 22.3 Å². The molecule has 0 spiro atoms. The number of aryl methyl sites for hydroxylation is 2. The molecule has 0 saturated heterocycles. The summed E-state index contributed by atoms with van der Waals surface area (Å²) >= 11 is 0. The predicted octanol–water partition coefficient (Wildman–Crippen LogP) is 8.68. The highest BCUT2D eigenvalue weighted by atomic mass is 16.1. The van der Waals surface area contributed by atoms with E-state index >= 15 is 0 Å². The van der Waals surface area contributed by atoms with Crippen LogP contribution in [-0.2, 0) is 11.8 Å². The van der Waals surface area contributed by atoms with Gasteiger partial charge in [0.15, 0.2) is 0 Å². The number of carbonyl (C=O) groups excluding carboxylic acids is 1. The van der Waals surface area contributed by atoms with E-state index in [1.807, 2.05) is 56.0 Å². The smallest absolute Gasteiger partial charge is 0.227 e. The summed E-state index contributed by atoms with van der Waals surface area (Å²) in [6, 6.07) is 11.9. The third-order valence-electron chi connectivity index (χ3n) is 6.28. The van der Waals surface area contributed by atoms with Gasteiger partial charge >= 0.3 is 0 Å². The Morgan fingerprint density at radius 2 is 1.89 bits per heavy atom. The van der Waals surface area contributed by atoms with Crippen molar-refractivity contribution in [3.63, 3.8) is 0 Å². The SMILES string of the molecule is CCC(=O)Nc1cnc(Nc2cc(N)c(N(C)CCN(C)C)cc2C)nc1-c1nn(C)c2ccccc12.[3HH].[3H][3H].[3H][3H].[3H][3H].[3H][3H].[3H][3H].[3H][3H].[3H][3H].[3H][3H].[3H][3H].[3H][3H].[3H][3H].[3H][3H].[3H][3H].[3H][3H].[3H][3H].[3H][3H].[3H][3H].[3H][3H]. The molecule has 10 nitrogen and oxygen atoms in total. The molecular formula is C27H73N9O. The average molecular weight is 614 g/mol. The Labute approximate surface area is 274 Å². The molecule has 2 heterocycles. The van der Waals surface area contributed by atoms with Crippen LogP contribution in [0.3, 0.4) is 0 Å². The van der Waals surface area contributed by atoms with Gasteiger partial charge in [-0.1, -0.05) is 25.1 Å². The highest BCUT2D eigenvalue weighted by molar-refractivity contribution is 5.99. The lowest BCUT2D eigenvalue weighted by molar-refractivity contribution is -0.115. The van der Waals surface area contributed by atoms with Crippen LogP contribution in [0.15, 0.2) is 42.6 Å². The predicted molar refractivity (Wildman–Crippen MR) is 192 cm³/mol. The second-order valence-corrected chi connectivity index (χ2v) is 9.42. The van der Waals surface area contributed by atoms with Crippen molar-refractivity contribution in [2.24, 2.45) is 7.05 Å². The molecule has 0 bridgehead atoms. The number of hydrogen-bond donors (Lipinski definition) is 3. The lowest BCUT2D eigenvalue weighted by Crippen LogP contribution is -2.29. The van der Waals surface area contributed by atoms with Gasteiger partial charge in [-0.25, -0.2) is 9.97 Å². The van der Waals surface area contributed by atoms with Gasteiger partial charge in [-0.05, 0) is 44.8 Å². The minimum Gasteiger partial charge on any atom is -0.397 e. The number of para-hydroxylation sites is 1. The van der Waals surface area contributed by atoms with E-state index < -0.39 is 0 Å². The lowest BCUT2D eigenvalue weighted by atomic mass is 10.1. The van der Waals surface area contributed by atoms with E-state index in [-0.39, 0.29) is 7.33 Å². The standard InChI is InChI=1S/C27H35N9O.19H2/c1-7-24(37)30-21-16-29-27(32-26(21)25-18-10-8-9-11-22(18)36(6)33-25)31-20-15-19(28)23(14-17(20)2)35(5)13-12-34(3)4;;;;;;;;;;;;;;;;;;;/h8-11,14-16H,7,12-13,28H2,1-6H3,(H,30,37)(H,29,31,32);19*1H/i;18*1+2T;1+2. The van der Waals surface area contributed by atoms with Crippen molar-refractivity contribution in [1.29, 1.82) is 0 Å². The first-order valence-electron chi connectivity index (χ1n) is 30.3. The third kappa shape index (κ3) is 5.64. The first kappa shape index (κ1) is 11.5. The Balaban J connectivity index is -0.0000000551. The Hall–Kier alpha value is -4.18. The van der Waals surface area contributed by atoms with Crippen molar-refractivity contribution >= 4 is 45.5 Å². The number of rotatable bonds is 9. The number of aromatic nitrogens is 4. The summed E-state index contributed by atoms with van der Waals surface area (Å²) < 4.78 is 182. The van der Waals surface area contributed by atoms with Gasteiger partial charge in [0.2, 0.25) is 11.9 Å². The first-order chi connectivity index (χ1) is 35.7. The molecule has 232 valence electrons. The quantitative estimate of drug-likeness (QED) is 0.160. The molecule has 10 heteroatoms. The summed E-state index contributed by atoms with van der Waals surface area (Å²) in [6.07, 6.45) is 1.96. The van der Waals surface area contributed by atoms with Gasteiger partial charge in [0.05, 0.1) is 28.8 Å². The summed E-state index contributed by atoms with van der Waals surface area (Å²) in [5.41, 5.74) is 12.6. The minimum absolute atomic E-state index is 0. The number of nitrogens with one attached hydrogen (secondary N) is 2. The molecule has 2 aromatic heterocycles. The molecule has 4 rings (SSSR count). The topological polar surface area (TPSA) is 117 Å². The molecule has 0 radical (unpaired) electrons. The van der Waals surface area contributed by atoms with Crippen LogP contribution in [0.5, 0.6) is 0 Å². The summed E-state index contributed by atoms with van der Waals surface area (Å²) in [7, 11) is 8.03. The van der Waals surface area contributed by atoms with E-state index in [9.17, 15) is 4.79 Å². The largest absolute Gasteiger partial charge is 0.397 e. The Morgan fingerprint density at radius 1 is 1.14 bits per heavy atom. The second-order valence-electron chi connectivity index (χ2n) is 9.42. The molecule has 0 aliphatic rings. The molecule has 0 fully saturated rings. The van der Waals surface area contributed by atoms with Gasteiger partial charge in [-0.15, -0.1) is 0 Å². The zero-order valence-corrected chi connectivity index (χ0v) is 22.3. The number of anilines is 5. The van der Waals surface area contributed by atoms with Crippen LogP contribution < -0.4 is 21.3 Å². The Kier molecular flexibility index (Phi) is 3.36.